The standard InChI is InChI=1S/C20H20N2O5/c1-24-14-5-6-17-16(8-14)22-19(27-17)10-21-20(23)13-7-12-3-4-15(25-2)9-18(12)26-11-13/h3-6,8-9,13H,7,10-11H2,1-2H3,(H,21,23)/t13-/m0/s1. The molecule has 0 fully saturated rings. The molecule has 2 aromatic carbocycles. The van der Waals surface area contributed by atoms with E-state index in [0.29, 0.717) is 35.8 Å². The zero-order valence-corrected chi connectivity index (χ0v) is 15.2. The average molecular weight is 368 g/mol. The predicted octanol–water partition coefficient (Wildman–Crippen LogP) is 2.71. The van der Waals surface area contributed by atoms with Gasteiger partial charge in [-0.1, -0.05) is 6.07 Å². The molecule has 2 heterocycles. The summed E-state index contributed by atoms with van der Waals surface area (Å²) in [6.07, 6.45) is 0.621. The highest BCUT2D eigenvalue weighted by molar-refractivity contribution is 5.80. The van der Waals surface area contributed by atoms with Crippen LogP contribution in [0.15, 0.2) is 40.8 Å². The summed E-state index contributed by atoms with van der Waals surface area (Å²) in [5.74, 6) is 2.33. The van der Waals surface area contributed by atoms with Crippen molar-refractivity contribution in [3.8, 4) is 17.2 Å². The Morgan fingerprint density at radius 3 is 2.78 bits per heavy atom. The molecule has 3 aromatic rings. The maximum atomic E-state index is 12.5. The maximum absolute atomic E-state index is 12.5. The second-order valence-electron chi connectivity index (χ2n) is 6.34. The van der Waals surface area contributed by atoms with E-state index in [2.05, 4.69) is 10.3 Å². The van der Waals surface area contributed by atoms with Crippen molar-refractivity contribution in [3.63, 3.8) is 0 Å². The Labute approximate surface area is 156 Å². The Bertz CT molecular complexity index is 982. The van der Waals surface area contributed by atoms with Crippen LogP contribution in [-0.4, -0.2) is 31.7 Å². The quantitative estimate of drug-likeness (QED) is 0.746. The normalized spacial score (nSPS) is 15.7. The van der Waals surface area contributed by atoms with E-state index in [1.165, 1.54) is 0 Å². The van der Waals surface area contributed by atoms with E-state index >= 15 is 0 Å². The maximum Gasteiger partial charge on any atom is 0.227 e. The molecule has 1 amide bonds. The molecule has 0 unspecified atom stereocenters. The van der Waals surface area contributed by atoms with Gasteiger partial charge in [0.1, 0.15) is 29.4 Å². The Balaban J connectivity index is 1.39. The van der Waals surface area contributed by atoms with Crippen molar-refractivity contribution in [2.24, 2.45) is 5.92 Å². The van der Waals surface area contributed by atoms with Crippen LogP contribution in [0, 0.1) is 5.92 Å². The van der Waals surface area contributed by atoms with Gasteiger partial charge in [0.2, 0.25) is 11.8 Å². The van der Waals surface area contributed by atoms with Gasteiger partial charge in [-0.3, -0.25) is 4.79 Å². The minimum absolute atomic E-state index is 0.0868. The number of ether oxygens (including phenoxy) is 3. The second kappa shape index (κ2) is 7.19. The Kier molecular flexibility index (Phi) is 4.58. The van der Waals surface area contributed by atoms with Crippen molar-refractivity contribution >= 4 is 17.0 Å². The molecule has 7 heteroatoms. The molecule has 0 aliphatic carbocycles. The Hall–Kier alpha value is -3.22. The van der Waals surface area contributed by atoms with Crippen molar-refractivity contribution in [1.29, 1.82) is 0 Å². The first-order valence-corrected chi connectivity index (χ1v) is 8.67. The van der Waals surface area contributed by atoms with Crippen molar-refractivity contribution in [2.75, 3.05) is 20.8 Å². The van der Waals surface area contributed by atoms with Gasteiger partial charge >= 0.3 is 0 Å². The van der Waals surface area contributed by atoms with Crippen LogP contribution in [-0.2, 0) is 17.8 Å². The topological polar surface area (TPSA) is 82.8 Å². The monoisotopic (exact) mass is 368 g/mol. The highest BCUT2D eigenvalue weighted by Crippen LogP contribution is 2.31. The van der Waals surface area contributed by atoms with Crippen LogP contribution in [0.5, 0.6) is 17.2 Å². The summed E-state index contributed by atoms with van der Waals surface area (Å²) < 4.78 is 21.8. The van der Waals surface area contributed by atoms with Gasteiger partial charge in [0.25, 0.3) is 0 Å². The van der Waals surface area contributed by atoms with E-state index in [9.17, 15) is 4.79 Å². The molecular weight excluding hydrogens is 348 g/mol. The van der Waals surface area contributed by atoms with Crippen molar-refractivity contribution in [1.82, 2.24) is 10.3 Å². The molecule has 1 aromatic heterocycles. The highest BCUT2D eigenvalue weighted by atomic mass is 16.5. The fourth-order valence-corrected chi connectivity index (χ4v) is 3.11. The van der Waals surface area contributed by atoms with Crippen LogP contribution in [0.25, 0.3) is 11.1 Å². The molecule has 1 atom stereocenters. The molecule has 0 saturated carbocycles. The van der Waals surface area contributed by atoms with Crippen LogP contribution >= 0.6 is 0 Å². The van der Waals surface area contributed by atoms with Crippen molar-refractivity contribution < 1.29 is 23.4 Å². The number of hydrogen-bond donors (Lipinski definition) is 1. The number of methoxy groups -OCH3 is 2. The summed E-state index contributed by atoms with van der Waals surface area (Å²) in [6, 6.07) is 11.0. The lowest BCUT2D eigenvalue weighted by Crippen LogP contribution is -2.37. The Morgan fingerprint density at radius 1 is 1.19 bits per heavy atom. The lowest BCUT2D eigenvalue weighted by molar-refractivity contribution is -0.126. The second-order valence-corrected chi connectivity index (χ2v) is 6.34. The molecule has 27 heavy (non-hydrogen) atoms. The third kappa shape index (κ3) is 3.53. The number of fused-ring (bicyclic) bond motifs is 2. The zero-order chi connectivity index (χ0) is 18.8. The average Bonchev–Trinajstić information content (AvgIpc) is 3.13. The summed E-state index contributed by atoms with van der Waals surface area (Å²) in [6.45, 7) is 0.554. The van der Waals surface area contributed by atoms with Crippen LogP contribution in [0.3, 0.4) is 0 Å². The van der Waals surface area contributed by atoms with Gasteiger partial charge in [-0.2, -0.15) is 0 Å². The molecule has 0 bridgehead atoms. The van der Waals surface area contributed by atoms with Crippen LogP contribution in [0.2, 0.25) is 0 Å². The molecule has 4 rings (SSSR count). The van der Waals surface area contributed by atoms with Gasteiger partial charge in [-0.25, -0.2) is 4.98 Å². The molecule has 1 aliphatic rings. The summed E-state index contributed by atoms with van der Waals surface area (Å²) in [7, 11) is 3.21. The number of nitrogens with zero attached hydrogens (tertiary/aromatic N) is 1. The zero-order valence-electron chi connectivity index (χ0n) is 15.2. The number of aromatic nitrogens is 1. The van der Waals surface area contributed by atoms with Crippen molar-refractivity contribution in [2.45, 2.75) is 13.0 Å². The molecule has 7 nitrogen and oxygen atoms in total. The molecule has 0 spiro atoms. The van der Waals surface area contributed by atoms with Gasteiger partial charge in [-0.05, 0) is 30.2 Å². The fraction of sp³-hybridized carbons (Fsp3) is 0.300. The van der Waals surface area contributed by atoms with Crippen molar-refractivity contribution in [3.05, 3.63) is 47.9 Å². The van der Waals surface area contributed by atoms with Crippen LogP contribution < -0.4 is 19.5 Å². The van der Waals surface area contributed by atoms with E-state index in [4.69, 9.17) is 18.6 Å². The lowest BCUT2D eigenvalue weighted by Gasteiger charge is -2.24. The summed E-state index contributed by atoms with van der Waals surface area (Å²) in [5.41, 5.74) is 2.35. The third-order valence-electron chi connectivity index (χ3n) is 4.60. The van der Waals surface area contributed by atoms with Gasteiger partial charge in [-0.15, -0.1) is 0 Å². The number of carbonyl (C=O) groups excluding carboxylic acids is 1. The van der Waals surface area contributed by atoms with Crippen LogP contribution in [0.1, 0.15) is 11.5 Å². The first-order chi connectivity index (χ1) is 13.2. The molecular formula is C20H20N2O5. The van der Waals surface area contributed by atoms with Gasteiger partial charge < -0.3 is 23.9 Å². The third-order valence-corrected chi connectivity index (χ3v) is 4.60. The number of carbonyl (C=O) groups is 1. The number of amides is 1. The minimum Gasteiger partial charge on any atom is -0.497 e. The number of rotatable bonds is 5. The molecule has 1 N–H and O–H groups in total. The SMILES string of the molecule is COc1ccc2c(c1)OC[C@@H](C(=O)NCc1nc3cc(OC)ccc3o1)C2. The van der Waals surface area contributed by atoms with E-state index in [1.807, 2.05) is 24.3 Å². The minimum atomic E-state index is -0.254. The number of benzene rings is 2. The smallest absolute Gasteiger partial charge is 0.227 e. The molecule has 1 aliphatic heterocycles. The summed E-state index contributed by atoms with van der Waals surface area (Å²) >= 11 is 0. The van der Waals surface area contributed by atoms with Gasteiger partial charge in [0, 0.05) is 12.1 Å². The fourth-order valence-electron chi connectivity index (χ4n) is 3.11. The number of oxazole rings is 1. The summed E-state index contributed by atoms with van der Waals surface area (Å²) in [5, 5.41) is 2.88. The van der Waals surface area contributed by atoms with E-state index in [1.54, 1.807) is 26.4 Å². The molecule has 0 radical (unpaired) electrons. The first-order valence-electron chi connectivity index (χ1n) is 8.67. The van der Waals surface area contributed by atoms with Gasteiger partial charge in [0.15, 0.2) is 5.58 Å². The number of hydrogen-bond acceptors (Lipinski definition) is 6. The number of nitrogens with one attached hydrogen (secondary N) is 1. The van der Waals surface area contributed by atoms with E-state index in [0.717, 1.165) is 17.1 Å². The van der Waals surface area contributed by atoms with E-state index in [-0.39, 0.29) is 18.4 Å². The Morgan fingerprint density at radius 2 is 1.96 bits per heavy atom. The summed E-state index contributed by atoms with van der Waals surface area (Å²) in [4.78, 5) is 16.9. The highest BCUT2D eigenvalue weighted by Gasteiger charge is 2.26. The van der Waals surface area contributed by atoms with Crippen LogP contribution in [0.4, 0.5) is 0 Å². The van der Waals surface area contributed by atoms with Gasteiger partial charge in [0.05, 0.1) is 26.7 Å². The van der Waals surface area contributed by atoms with E-state index < -0.39 is 0 Å². The molecule has 140 valence electrons. The molecule has 0 saturated heterocycles. The first kappa shape index (κ1) is 17.2. The largest absolute Gasteiger partial charge is 0.497 e. The lowest BCUT2D eigenvalue weighted by atomic mass is 9.96. The predicted molar refractivity (Wildman–Crippen MR) is 98.1 cm³/mol.